The van der Waals surface area contributed by atoms with Crippen molar-refractivity contribution in [2.24, 2.45) is 0 Å². The molecular formula is C21H31IO3S. The summed E-state index contributed by atoms with van der Waals surface area (Å²) in [6, 6.07) is 0. The molecule has 1 unspecified atom stereocenters. The van der Waals surface area contributed by atoms with Crippen LogP contribution >= 0.6 is 30.1 Å². The van der Waals surface area contributed by atoms with Crippen LogP contribution in [0.4, 0.5) is 0 Å². The van der Waals surface area contributed by atoms with Gasteiger partial charge in [-0.25, -0.2) is 0 Å². The van der Waals surface area contributed by atoms with E-state index in [0.29, 0.717) is 6.42 Å². The number of aliphatic hydroxyl groups excluding tert-OH is 1. The molecule has 1 N–H and O–H groups in total. The average Bonchev–Trinajstić information content (AvgIpc) is 2.65. The smallest absolute Gasteiger partial charge is 0.305 e. The van der Waals surface area contributed by atoms with E-state index >= 15 is 0 Å². The second-order valence-electron chi connectivity index (χ2n) is 5.83. The zero-order valence-corrected chi connectivity index (χ0v) is 18.6. The van der Waals surface area contributed by atoms with Gasteiger partial charge in [-0.15, -0.1) is 0 Å². The van der Waals surface area contributed by atoms with Gasteiger partial charge >= 0.3 is 5.97 Å². The van der Waals surface area contributed by atoms with Gasteiger partial charge < -0.3 is 9.84 Å². The number of esters is 1. The average molecular weight is 490 g/mol. The molecule has 1 atom stereocenters. The highest BCUT2D eigenvalue weighted by Gasteiger charge is 2.01. The molecule has 0 saturated heterocycles. The predicted molar refractivity (Wildman–Crippen MR) is 121 cm³/mol. The normalized spacial score (nSPS) is 12.6. The molecule has 0 bridgehead atoms. The monoisotopic (exact) mass is 490 g/mol. The summed E-state index contributed by atoms with van der Waals surface area (Å²) < 4.78 is 4.59. The second-order valence-corrected chi connectivity index (χ2v) is 7.51. The van der Waals surface area contributed by atoms with E-state index in [2.05, 4.69) is 73.6 Å². The first-order chi connectivity index (χ1) is 12.7. The molecule has 0 aromatic carbocycles. The van der Waals surface area contributed by atoms with Crippen LogP contribution in [-0.2, 0) is 9.53 Å². The topological polar surface area (TPSA) is 46.5 Å². The summed E-state index contributed by atoms with van der Waals surface area (Å²) in [6.45, 7) is 0. The molecule has 0 aromatic heterocycles. The number of ether oxygens (including phenoxy) is 1. The molecule has 0 amide bonds. The summed E-state index contributed by atoms with van der Waals surface area (Å²) in [6.07, 6.45) is 21.1. The van der Waals surface area contributed by atoms with Gasteiger partial charge in [-0.1, -0.05) is 42.4 Å². The van der Waals surface area contributed by atoms with Gasteiger partial charge in [-0.3, -0.25) is 4.79 Å². The van der Waals surface area contributed by atoms with Gasteiger partial charge in [0.1, 0.15) is 0 Å². The molecule has 0 radical (unpaired) electrons. The van der Waals surface area contributed by atoms with Crippen LogP contribution in [0.25, 0.3) is 0 Å². The van der Waals surface area contributed by atoms with Crippen molar-refractivity contribution in [1.82, 2.24) is 0 Å². The fourth-order valence-electron chi connectivity index (χ4n) is 2.18. The van der Waals surface area contributed by atoms with Crippen molar-refractivity contribution in [2.75, 3.05) is 7.11 Å². The minimum atomic E-state index is -0.214. The van der Waals surface area contributed by atoms with E-state index in [0.717, 1.165) is 57.8 Å². The van der Waals surface area contributed by atoms with Crippen molar-refractivity contribution in [1.29, 1.82) is 0 Å². The van der Waals surface area contributed by atoms with E-state index in [1.165, 1.54) is 16.0 Å². The fourth-order valence-corrected chi connectivity index (χ4v) is 2.81. The highest BCUT2D eigenvalue weighted by atomic mass is 127. The lowest BCUT2D eigenvalue weighted by molar-refractivity contribution is -0.140. The number of rotatable bonds is 14. The summed E-state index contributed by atoms with van der Waals surface area (Å²) in [4.78, 5) is 10.9. The Balaban J connectivity index is 3.51. The van der Waals surface area contributed by atoms with Crippen LogP contribution in [0, 0.1) is 11.2 Å². The minimum absolute atomic E-state index is 0.141. The lowest BCUT2D eigenvalue weighted by Gasteiger charge is -2.06. The Kier molecular flexibility index (Phi) is 20.0. The number of halogens is 1. The summed E-state index contributed by atoms with van der Waals surface area (Å²) in [5, 5.41) is 12.8. The van der Waals surface area contributed by atoms with E-state index in [-0.39, 0.29) is 12.1 Å². The van der Waals surface area contributed by atoms with Gasteiger partial charge in [0.15, 0.2) is 0 Å². The molecule has 0 saturated carbocycles. The van der Waals surface area contributed by atoms with Crippen LogP contribution in [0.1, 0.15) is 64.2 Å². The molecule has 0 aromatic rings. The molecule has 0 aliphatic heterocycles. The summed E-state index contributed by atoms with van der Waals surface area (Å²) >= 11 is 2.16. The zero-order chi connectivity index (χ0) is 19.3. The van der Waals surface area contributed by atoms with Crippen LogP contribution in [0.2, 0.25) is 0 Å². The maximum Gasteiger partial charge on any atom is 0.305 e. The number of carbonyl (C=O) groups is 1. The van der Waals surface area contributed by atoms with Crippen LogP contribution in [-0.4, -0.2) is 24.3 Å². The van der Waals surface area contributed by atoms with Crippen molar-refractivity contribution in [3.63, 3.8) is 0 Å². The molecule has 0 fully saturated rings. The number of carbonyl (C=O) groups excluding carboxylic acids is 1. The molecule has 5 heteroatoms. The number of hydrogen-bond donors (Lipinski definition) is 1. The Bertz CT molecular complexity index is 489. The Morgan fingerprint density at radius 2 is 1.73 bits per heavy atom. The lowest BCUT2D eigenvalue weighted by Crippen LogP contribution is -2.04. The molecule has 3 nitrogen and oxygen atoms in total. The number of methoxy groups -OCH3 is 1. The summed E-state index contributed by atoms with van der Waals surface area (Å²) in [5.74, 6) is 2.92. The molecular weight excluding hydrogens is 459 g/mol. The lowest BCUT2D eigenvalue weighted by atomic mass is 10.1. The van der Waals surface area contributed by atoms with Crippen molar-refractivity contribution in [3.8, 4) is 11.2 Å². The maximum absolute atomic E-state index is 10.9. The second kappa shape index (κ2) is 20.6. The predicted octanol–water partition coefficient (Wildman–Crippen LogP) is 6.13. The van der Waals surface area contributed by atoms with Gasteiger partial charge in [-0.2, -0.15) is 0 Å². The first-order valence-corrected chi connectivity index (χ1v) is 12.5. The minimum Gasteiger partial charge on any atom is -0.469 e. The highest BCUT2D eigenvalue weighted by molar-refractivity contribution is 14.2. The van der Waals surface area contributed by atoms with Gasteiger partial charge in [-0.05, 0) is 65.6 Å². The number of allylic oxidation sites excluding steroid dienone is 6. The number of hydrogen-bond acceptors (Lipinski definition) is 4. The third kappa shape index (κ3) is 19.6. The summed E-state index contributed by atoms with van der Waals surface area (Å²) in [7, 11) is 2.93. The number of aliphatic hydroxyl groups is 1. The first kappa shape index (κ1) is 25.3. The third-order valence-electron chi connectivity index (χ3n) is 3.64. The molecule has 0 aliphatic carbocycles. The quantitative estimate of drug-likeness (QED) is 0.105. The molecule has 0 spiro atoms. The largest absolute Gasteiger partial charge is 0.469 e. The molecule has 146 valence electrons. The van der Waals surface area contributed by atoms with Crippen molar-refractivity contribution in [3.05, 3.63) is 36.5 Å². The Morgan fingerprint density at radius 3 is 2.38 bits per heavy atom. The van der Waals surface area contributed by atoms with E-state index in [9.17, 15) is 9.90 Å². The fraction of sp³-hybridized carbons (Fsp3) is 0.571. The third-order valence-corrected chi connectivity index (χ3v) is 4.52. The van der Waals surface area contributed by atoms with Gasteiger partial charge in [0.2, 0.25) is 0 Å². The maximum atomic E-state index is 10.9. The molecule has 0 aliphatic rings. The van der Waals surface area contributed by atoms with E-state index in [4.69, 9.17) is 0 Å². The summed E-state index contributed by atoms with van der Waals surface area (Å²) in [5.41, 5.74) is 0. The number of unbranched alkanes of at least 4 members (excludes halogenated alkanes) is 2. The zero-order valence-electron chi connectivity index (χ0n) is 15.7. The van der Waals surface area contributed by atoms with E-state index in [1.807, 2.05) is 0 Å². The van der Waals surface area contributed by atoms with E-state index in [1.54, 1.807) is 0 Å². The van der Waals surface area contributed by atoms with Crippen LogP contribution < -0.4 is 0 Å². The molecule has 0 rings (SSSR count). The molecule has 0 heterocycles. The van der Waals surface area contributed by atoms with Crippen molar-refractivity contribution in [2.45, 2.75) is 70.3 Å². The molecule has 26 heavy (non-hydrogen) atoms. The standard InChI is InChI=1S/C21H31IO3S/c1-25-21(24)18-14-10-8-6-4-2-3-5-7-9-12-16-20(23)17-13-11-15-19-26-22/h2-3,6-9,20,23H,4-5,10-14,16-18H2,1H3/b3-2-,8-6-,9-7-. The Hall–Kier alpha value is -0.710. The van der Waals surface area contributed by atoms with Crippen LogP contribution in [0.15, 0.2) is 36.5 Å². The van der Waals surface area contributed by atoms with Crippen LogP contribution in [0.3, 0.4) is 0 Å². The van der Waals surface area contributed by atoms with Gasteiger partial charge in [0.25, 0.3) is 0 Å². The van der Waals surface area contributed by atoms with Crippen molar-refractivity contribution < 1.29 is 14.6 Å². The Labute approximate surface area is 175 Å². The van der Waals surface area contributed by atoms with Crippen molar-refractivity contribution >= 4 is 36.1 Å². The van der Waals surface area contributed by atoms with Crippen LogP contribution in [0.5, 0.6) is 0 Å². The highest BCUT2D eigenvalue weighted by Crippen LogP contribution is 2.09. The van der Waals surface area contributed by atoms with E-state index < -0.39 is 0 Å². The SMILES string of the molecule is COC(=O)CCC/C=C\C/C=C\C/C=C\CCC(O)CCCC#CSI. The van der Waals surface area contributed by atoms with Gasteiger partial charge in [0.05, 0.1) is 13.2 Å². The first-order valence-electron chi connectivity index (χ1n) is 9.16. The van der Waals surface area contributed by atoms with Gasteiger partial charge in [0, 0.05) is 34.0 Å². The Morgan fingerprint density at radius 1 is 1.08 bits per heavy atom.